The van der Waals surface area contributed by atoms with Gasteiger partial charge in [-0.25, -0.2) is 13.1 Å². The summed E-state index contributed by atoms with van der Waals surface area (Å²) in [5.74, 6) is -0.374. The van der Waals surface area contributed by atoms with Crippen molar-refractivity contribution < 1.29 is 22.9 Å². The third-order valence-electron chi connectivity index (χ3n) is 6.08. The van der Waals surface area contributed by atoms with E-state index in [1.54, 1.807) is 27.7 Å². The van der Waals surface area contributed by atoms with E-state index in [1.165, 1.54) is 16.8 Å². The number of hydrogen-bond donors (Lipinski definition) is 2. The number of hydrogen-bond acceptors (Lipinski definition) is 7. The molecule has 12 heteroatoms. The molecule has 38 heavy (non-hydrogen) atoms. The van der Waals surface area contributed by atoms with Crippen molar-refractivity contribution in [3.05, 3.63) is 68.9 Å². The number of carbonyl (C=O) groups is 1. The number of nitro benzene ring substituents is 1. The number of nitrogens with zero attached hydrogens (tertiary/aromatic N) is 3. The van der Waals surface area contributed by atoms with Crippen molar-refractivity contribution in [1.29, 1.82) is 0 Å². The SMILES string of the molecule is Cc1cccc(-n2nc(C(=O)NC3CC3)c(C)c2Oc2ccc([N+](=O)[O-])cc2S(=O)(=O)NC(C)(C)C)c1C. The van der Waals surface area contributed by atoms with Gasteiger partial charge in [-0.2, -0.15) is 9.78 Å². The number of nitrogens with one attached hydrogen (secondary N) is 2. The number of nitro groups is 1. The zero-order valence-corrected chi connectivity index (χ0v) is 23.0. The second-order valence-corrected chi connectivity index (χ2v) is 12.2. The molecule has 1 heterocycles. The lowest BCUT2D eigenvalue weighted by Crippen LogP contribution is -2.40. The van der Waals surface area contributed by atoms with Gasteiger partial charge in [0.25, 0.3) is 11.6 Å². The zero-order chi connectivity index (χ0) is 28.0. The van der Waals surface area contributed by atoms with Gasteiger partial charge < -0.3 is 10.1 Å². The predicted octanol–water partition coefficient (Wildman–Crippen LogP) is 4.47. The summed E-state index contributed by atoms with van der Waals surface area (Å²) >= 11 is 0. The second kappa shape index (κ2) is 9.84. The monoisotopic (exact) mass is 541 g/mol. The van der Waals surface area contributed by atoms with E-state index >= 15 is 0 Å². The topological polar surface area (TPSA) is 145 Å². The van der Waals surface area contributed by atoms with Gasteiger partial charge in [-0.05, 0) is 77.6 Å². The molecule has 0 saturated heterocycles. The fourth-order valence-electron chi connectivity index (χ4n) is 3.89. The highest BCUT2D eigenvalue weighted by Gasteiger charge is 2.31. The van der Waals surface area contributed by atoms with Gasteiger partial charge in [0, 0.05) is 29.3 Å². The number of rotatable bonds is 8. The molecule has 0 unspecified atom stereocenters. The van der Waals surface area contributed by atoms with Crippen LogP contribution in [0.4, 0.5) is 5.69 Å². The summed E-state index contributed by atoms with van der Waals surface area (Å²) in [4.78, 5) is 23.4. The van der Waals surface area contributed by atoms with Gasteiger partial charge >= 0.3 is 0 Å². The first kappa shape index (κ1) is 27.3. The normalized spacial score (nSPS) is 13.8. The van der Waals surface area contributed by atoms with Crippen LogP contribution in [-0.4, -0.2) is 40.6 Å². The Morgan fingerprint density at radius 3 is 2.42 bits per heavy atom. The number of non-ortho nitro benzene ring substituents is 1. The molecule has 1 amide bonds. The van der Waals surface area contributed by atoms with Crippen molar-refractivity contribution >= 4 is 21.6 Å². The molecule has 1 aromatic heterocycles. The van der Waals surface area contributed by atoms with Gasteiger partial charge in [0.15, 0.2) is 5.69 Å². The van der Waals surface area contributed by atoms with E-state index in [9.17, 15) is 23.3 Å². The van der Waals surface area contributed by atoms with Crippen molar-refractivity contribution in [3.8, 4) is 17.3 Å². The molecule has 0 bridgehead atoms. The number of aryl methyl sites for hydroxylation is 1. The fraction of sp³-hybridized carbons (Fsp3) is 0.385. The van der Waals surface area contributed by atoms with Crippen molar-refractivity contribution in [2.75, 3.05) is 0 Å². The maximum absolute atomic E-state index is 13.3. The number of amides is 1. The molecule has 0 radical (unpaired) electrons. The number of carbonyl (C=O) groups excluding carboxylic acids is 1. The highest BCUT2D eigenvalue weighted by atomic mass is 32.2. The minimum atomic E-state index is -4.24. The minimum Gasteiger partial charge on any atom is -0.437 e. The van der Waals surface area contributed by atoms with E-state index in [1.807, 2.05) is 32.0 Å². The van der Waals surface area contributed by atoms with Gasteiger partial charge in [0.1, 0.15) is 10.6 Å². The lowest BCUT2D eigenvalue weighted by molar-refractivity contribution is -0.385. The quantitative estimate of drug-likeness (QED) is 0.316. The molecule has 0 atom stereocenters. The second-order valence-electron chi connectivity index (χ2n) is 10.5. The summed E-state index contributed by atoms with van der Waals surface area (Å²) in [7, 11) is -4.24. The van der Waals surface area contributed by atoms with E-state index in [0.29, 0.717) is 11.3 Å². The molecular weight excluding hydrogens is 510 g/mol. The van der Waals surface area contributed by atoms with E-state index in [-0.39, 0.29) is 29.3 Å². The smallest absolute Gasteiger partial charge is 0.272 e. The summed E-state index contributed by atoms with van der Waals surface area (Å²) in [6.07, 6.45) is 1.80. The standard InChI is InChI=1S/C26H31N5O6S/c1-15-8-7-9-20(16(15)2)30-25(17(3)23(28-30)24(32)27-18-10-11-18)37-21-13-12-19(31(33)34)14-22(21)38(35,36)29-26(4,5)6/h7-9,12-14,18,29H,10-11H2,1-6H3,(H,27,32). The van der Waals surface area contributed by atoms with Crippen LogP contribution >= 0.6 is 0 Å². The lowest BCUT2D eigenvalue weighted by Gasteiger charge is -2.21. The lowest BCUT2D eigenvalue weighted by atomic mass is 10.1. The van der Waals surface area contributed by atoms with Crippen molar-refractivity contribution in [1.82, 2.24) is 19.8 Å². The van der Waals surface area contributed by atoms with Gasteiger partial charge in [0.2, 0.25) is 15.9 Å². The first-order chi connectivity index (χ1) is 17.7. The Hall–Kier alpha value is -3.77. The molecule has 0 aliphatic heterocycles. The molecule has 3 aromatic rings. The van der Waals surface area contributed by atoms with Crippen LogP contribution in [0.1, 0.15) is 60.8 Å². The molecule has 0 spiro atoms. The van der Waals surface area contributed by atoms with Crippen LogP contribution in [0, 0.1) is 30.9 Å². The van der Waals surface area contributed by atoms with Gasteiger partial charge in [-0.1, -0.05) is 12.1 Å². The van der Waals surface area contributed by atoms with Gasteiger partial charge in [0.05, 0.1) is 10.6 Å². The number of aromatic nitrogens is 2. The van der Waals surface area contributed by atoms with Crippen molar-refractivity contribution in [2.45, 2.75) is 70.9 Å². The van der Waals surface area contributed by atoms with E-state index < -0.39 is 31.1 Å². The molecule has 11 nitrogen and oxygen atoms in total. The molecule has 1 fully saturated rings. The van der Waals surface area contributed by atoms with E-state index in [4.69, 9.17) is 4.74 Å². The van der Waals surface area contributed by atoms with Crippen LogP contribution in [0.5, 0.6) is 11.6 Å². The third kappa shape index (κ3) is 5.70. The highest BCUT2D eigenvalue weighted by molar-refractivity contribution is 7.89. The van der Waals surface area contributed by atoms with Gasteiger partial charge in [-0.15, -0.1) is 0 Å². The Balaban J connectivity index is 1.89. The molecule has 2 N–H and O–H groups in total. The van der Waals surface area contributed by atoms with E-state index in [2.05, 4.69) is 15.1 Å². The first-order valence-electron chi connectivity index (χ1n) is 12.2. The Morgan fingerprint density at radius 1 is 1.13 bits per heavy atom. The Labute approximate surface area is 221 Å². The third-order valence-corrected chi connectivity index (χ3v) is 7.85. The summed E-state index contributed by atoms with van der Waals surface area (Å²) in [5, 5.41) is 18.9. The van der Waals surface area contributed by atoms with Crippen molar-refractivity contribution in [2.24, 2.45) is 0 Å². The number of sulfonamides is 1. The van der Waals surface area contributed by atoms with Crippen LogP contribution in [0.25, 0.3) is 5.69 Å². The van der Waals surface area contributed by atoms with Crippen molar-refractivity contribution in [3.63, 3.8) is 0 Å². The fourth-order valence-corrected chi connectivity index (χ4v) is 5.46. The van der Waals surface area contributed by atoms with Gasteiger partial charge in [-0.3, -0.25) is 14.9 Å². The summed E-state index contributed by atoms with van der Waals surface area (Å²) < 4.78 is 36.8. The Morgan fingerprint density at radius 2 is 1.82 bits per heavy atom. The molecule has 1 aliphatic rings. The maximum atomic E-state index is 13.3. The molecule has 4 rings (SSSR count). The van der Waals surface area contributed by atoms with Crippen LogP contribution < -0.4 is 14.8 Å². The molecule has 1 saturated carbocycles. The zero-order valence-electron chi connectivity index (χ0n) is 22.2. The molecule has 2 aromatic carbocycles. The average Bonchev–Trinajstić information content (AvgIpc) is 3.56. The van der Waals surface area contributed by atoms with Crippen LogP contribution in [-0.2, 0) is 10.0 Å². The van der Waals surface area contributed by atoms with Crippen LogP contribution in [0.3, 0.4) is 0 Å². The molecular formula is C26H31N5O6S. The Bertz CT molecular complexity index is 1530. The average molecular weight is 542 g/mol. The Kier molecular flexibility index (Phi) is 7.06. The summed E-state index contributed by atoms with van der Waals surface area (Å²) in [5.41, 5.74) is 1.80. The number of ether oxygens (including phenoxy) is 1. The molecule has 1 aliphatic carbocycles. The minimum absolute atomic E-state index is 0.104. The number of benzene rings is 2. The van der Waals surface area contributed by atoms with Crippen LogP contribution in [0.15, 0.2) is 41.3 Å². The molecule has 202 valence electrons. The van der Waals surface area contributed by atoms with Crippen LogP contribution in [0.2, 0.25) is 0 Å². The van der Waals surface area contributed by atoms with E-state index in [0.717, 1.165) is 30.0 Å². The maximum Gasteiger partial charge on any atom is 0.272 e. The predicted molar refractivity (Wildman–Crippen MR) is 142 cm³/mol. The summed E-state index contributed by atoms with van der Waals surface area (Å²) in [6.45, 7) is 10.5. The summed E-state index contributed by atoms with van der Waals surface area (Å²) in [6, 6.07) is 9.07. The highest BCUT2D eigenvalue weighted by Crippen LogP contribution is 2.37. The first-order valence-corrected chi connectivity index (χ1v) is 13.6. The largest absolute Gasteiger partial charge is 0.437 e.